The molecule has 1 aliphatic heterocycles. The number of thioether (sulfide) groups is 1. The number of rotatable bonds is 7. The predicted octanol–water partition coefficient (Wildman–Crippen LogP) is 4.10. The number of benzene rings is 2. The molecule has 0 aliphatic carbocycles. The van der Waals surface area contributed by atoms with Crippen LogP contribution in [0.15, 0.2) is 47.4 Å². The Kier molecular flexibility index (Phi) is 6.49. The van der Waals surface area contributed by atoms with Crippen LogP contribution < -0.4 is 15.4 Å². The third kappa shape index (κ3) is 5.43. The molecule has 0 bridgehead atoms. The average molecular weight is 419 g/mol. The number of hydrogen-bond donors (Lipinski definition) is 3. The Morgan fingerprint density at radius 2 is 2.07 bits per heavy atom. The first kappa shape index (κ1) is 20.1. The number of carbonyl (C=O) groups excluding carboxylic acids is 1. The van der Waals surface area contributed by atoms with Gasteiger partial charge in [0.05, 0.1) is 17.9 Å². The average Bonchev–Trinajstić information content (AvgIpc) is 2.98. The van der Waals surface area contributed by atoms with Crippen LogP contribution in [-0.4, -0.2) is 29.1 Å². The van der Waals surface area contributed by atoms with Gasteiger partial charge >= 0.3 is 5.97 Å². The van der Waals surface area contributed by atoms with E-state index in [-0.39, 0.29) is 24.4 Å². The highest BCUT2D eigenvalue weighted by Crippen LogP contribution is 2.31. The number of aliphatic carboxylic acids is 1. The summed E-state index contributed by atoms with van der Waals surface area (Å²) >= 11 is 7.38. The number of ether oxygens (including phenoxy) is 1. The summed E-state index contributed by atoms with van der Waals surface area (Å²) in [5, 5.41) is 15.5. The molecule has 6 nitrogen and oxygen atoms in total. The lowest BCUT2D eigenvalue weighted by Crippen LogP contribution is -2.31. The number of hydrogen-bond acceptors (Lipinski definition) is 5. The number of anilines is 1. The van der Waals surface area contributed by atoms with Crippen molar-refractivity contribution in [2.24, 2.45) is 0 Å². The van der Waals surface area contributed by atoms with Crippen molar-refractivity contribution in [3.05, 3.63) is 63.5 Å². The van der Waals surface area contributed by atoms with E-state index in [1.165, 1.54) is 11.8 Å². The molecule has 1 heterocycles. The van der Waals surface area contributed by atoms with Gasteiger partial charge in [-0.3, -0.25) is 9.59 Å². The highest BCUT2D eigenvalue weighted by molar-refractivity contribution is 8.05. The van der Waals surface area contributed by atoms with Crippen LogP contribution in [0.5, 0.6) is 5.75 Å². The zero-order valence-electron chi connectivity index (χ0n) is 15.1. The molecule has 1 aliphatic rings. The van der Waals surface area contributed by atoms with Crippen LogP contribution in [0, 0.1) is 6.92 Å². The van der Waals surface area contributed by atoms with Gasteiger partial charge in [0.25, 0.3) is 5.91 Å². The largest absolute Gasteiger partial charge is 0.493 e. The Morgan fingerprint density at radius 1 is 1.32 bits per heavy atom. The van der Waals surface area contributed by atoms with Crippen LogP contribution in [0.2, 0.25) is 5.02 Å². The lowest BCUT2D eigenvalue weighted by molar-refractivity contribution is -0.137. The molecule has 8 heteroatoms. The van der Waals surface area contributed by atoms with Gasteiger partial charge in [-0.05, 0) is 54.5 Å². The van der Waals surface area contributed by atoms with Crippen molar-refractivity contribution in [2.45, 2.75) is 18.8 Å². The fourth-order valence-corrected chi connectivity index (χ4v) is 3.77. The molecule has 28 heavy (non-hydrogen) atoms. The molecule has 0 spiro atoms. The van der Waals surface area contributed by atoms with Crippen LogP contribution in [0.1, 0.15) is 17.5 Å². The Hall–Kier alpha value is -2.64. The molecule has 0 radical (unpaired) electrons. The SMILES string of the molecule is Cc1cc(Cl)ccc1NC1NC(=O)/C(=C/c2ccc(OCCC(=O)O)cc2)S1. The molecule has 1 fully saturated rings. The second kappa shape index (κ2) is 9.03. The van der Waals surface area contributed by atoms with Crippen LogP contribution in [0.4, 0.5) is 5.69 Å². The van der Waals surface area contributed by atoms with E-state index in [0.717, 1.165) is 16.8 Å². The van der Waals surface area contributed by atoms with Crippen molar-refractivity contribution in [3.8, 4) is 5.75 Å². The van der Waals surface area contributed by atoms with Crippen molar-refractivity contribution >= 4 is 47.0 Å². The van der Waals surface area contributed by atoms with Crippen LogP contribution >= 0.6 is 23.4 Å². The minimum atomic E-state index is -0.900. The molecule has 2 aromatic rings. The highest BCUT2D eigenvalue weighted by atomic mass is 35.5. The first-order chi connectivity index (χ1) is 13.4. The van der Waals surface area contributed by atoms with Gasteiger partial charge in [-0.1, -0.05) is 35.5 Å². The number of carboxylic acids is 1. The lowest BCUT2D eigenvalue weighted by Gasteiger charge is -2.15. The number of aryl methyl sites for hydroxylation is 1. The quantitative estimate of drug-likeness (QED) is 0.587. The Labute approximate surface area is 171 Å². The van der Waals surface area contributed by atoms with E-state index < -0.39 is 5.97 Å². The van der Waals surface area contributed by atoms with Gasteiger partial charge in [0.15, 0.2) is 5.50 Å². The maximum absolute atomic E-state index is 12.2. The standard InChI is InChI=1S/C20H19ClN2O4S/c1-12-10-14(21)4-7-16(12)22-20-23-19(26)17(28-20)11-13-2-5-15(6-3-13)27-9-8-18(24)25/h2-7,10-11,20,22H,8-9H2,1H3,(H,23,26)(H,24,25)/b17-11-. The van der Waals surface area contributed by atoms with Crippen LogP contribution in [0.25, 0.3) is 6.08 Å². The van der Waals surface area contributed by atoms with Gasteiger partial charge in [-0.2, -0.15) is 0 Å². The molecule has 3 N–H and O–H groups in total. The van der Waals surface area contributed by atoms with Crippen LogP contribution in [0.3, 0.4) is 0 Å². The zero-order valence-corrected chi connectivity index (χ0v) is 16.6. The summed E-state index contributed by atoms with van der Waals surface area (Å²) in [4.78, 5) is 23.4. The second-order valence-electron chi connectivity index (χ2n) is 6.14. The normalized spacial score (nSPS) is 17.4. The van der Waals surface area contributed by atoms with Crippen molar-refractivity contribution in [2.75, 3.05) is 11.9 Å². The van der Waals surface area contributed by atoms with E-state index in [0.29, 0.717) is 15.7 Å². The summed E-state index contributed by atoms with van der Waals surface area (Å²) in [7, 11) is 0. The fourth-order valence-electron chi connectivity index (χ4n) is 2.56. The second-order valence-corrected chi connectivity index (χ2v) is 7.73. The summed E-state index contributed by atoms with van der Waals surface area (Å²) in [6.45, 7) is 2.07. The summed E-state index contributed by atoms with van der Waals surface area (Å²) in [6, 6.07) is 12.7. The van der Waals surface area contributed by atoms with E-state index in [1.54, 1.807) is 24.3 Å². The summed E-state index contributed by atoms with van der Waals surface area (Å²) in [5.41, 5.74) is 2.49. The molecule has 0 saturated carbocycles. The minimum absolute atomic E-state index is 0.0515. The number of halogens is 1. The molecule has 1 amide bonds. The van der Waals surface area contributed by atoms with E-state index in [2.05, 4.69) is 10.6 Å². The topological polar surface area (TPSA) is 87.7 Å². The molecule has 1 unspecified atom stereocenters. The maximum atomic E-state index is 12.2. The molecule has 3 rings (SSSR count). The molecule has 0 aromatic heterocycles. The number of carbonyl (C=O) groups is 2. The Morgan fingerprint density at radius 3 is 2.75 bits per heavy atom. The zero-order chi connectivity index (χ0) is 20.1. The number of carboxylic acid groups (broad SMARTS) is 1. The van der Waals surface area contributed by atoms with Crippen molar-refractivity contribution < 1.29 is 19.4 Å². The first-order valence-corrected chi connectivity index (χ1v) is 9.83. The molecule has 1 saturated heterocycles. The van der Waals surface area contributed by atoms with Gasteiger partial charge in [-0.15, -0.1) is 0 Å². The monoisotopic (exact) mass is 418 g/mol. The Bertz CT molecular complexity index is 915. The Balaban J connectivity index is 1.61. The van der Waals surface area contributed by atoms with Crippen molar-refractivity contribution in [3.63, 3.8) is 0 Å². The molecular formula is C20H19ClN2O4S. The lowest BCUT2D eigenvalue weighted by atomic mass is 10.2. The third-order valence-corrected chi connectivity index (χ3v) is 5.23. The van der Waals surface area contributed by atoms with E-state index in [4.69, 9.17) is 21.4 Å². The van der Waals surface area contributed by atoms with Gasteiger partial charge in [-0.25, -0.2) is 0 Å². The highest BCUT2D eigenvalue weighted by Gasteiger charge is 2.27. The maximum Gasteiger partial charge on any atom is 0.306 e. The fraction of sp³-hybridized carbons (Fsp3) is 0.200. The summed E-state index contributed by atoms with van der Waals surface area (Å²) in [6.07, 6.45) is 1.75. The third-order valence-electron chi connectivity index (χ3n) is 3.97. The molecular weight excluding hydrogens is 400 g/mol. The molecule has 146 valence electrons. The van der Waals surface area contributed by atoms with Crippen molar-refractivity contribution in [1.29, 1.82) is 0 Å². The first-order valence-electron chi connectivity index (χ1n) is 8.57. The van der Waals surface area contributed by atoms with E-state index in [1.807, 2.05) is 31.2 Å². The smallest absolute Gasteiger partial charge is 0.306 e. The summed E-state index contributed by atoms with van der Waals surface area (Å²) in [5.74, 6) is -0.455. The predicted molar refractivity (Wildman–Crippen MR) is 112 cm³/mol. The summed E-state index contributed by atoms with van der Waals surface area (Å²) < 4.78 is 5.36. The van der Waals surface area contributed by atoms with Crippen LogP contribution in [-0.2, 0) is 9.59 Å². The van der Waals surface area contributed by atoms with Gasteiger partial charge in [0.2, 0.25) is 0 Å². The molecule has 2 aromatic carbocycles. The number of nitrogens with one attached hydrogen (secondary N) is 2. The van der Waals surface area contributed by atoms with Crippen molar-refractivity contribution in [1.82, 2.24) is 5.32 Å². The van der Waals surface area contributed by atoms with E-state index in [9.17, 15) is 9.59 Å². The van der Waals surface area contributed by atoms with Gasteiger partial charge in [0.1, 0.15) is 5.75 Å². The minimum Gasteiger partial charge on any atom is -0.493 e. The van der Waals surface area contributed by atoms with Gasteiger partial charge in [0, 0.05) is 10.7 Å². The molecule has 1 atom stereocenters. The number of amides is 1. The van der Waals surface area contributed by atoms with E-state index >= 15 is 0 Å². The van der Waals surface area contributed by atoms with Gasteiger partial charge < -0.3 is 20.5 Å².